The average molecular weight is 230 g/mol. The van der Waals surface area contributed by atoms with E-state index in [9.17, 15) is 10.2 Å². The highest BCUT2D eigenvalue weighted by Gasteiger charge is 2.25. The van der Waals surface area contributed by atoms with Crippen molar-refractivity contribution in [3.05, 3.63) is 23.8 Å². The summed E-state index contributed by atoms with van der Waals surface area (Å²) in [7, 11) is 0. The lowest BCUT2D eigenvalue weighted by atomic mass is 10.0. The highest BCUT2D eigenvalue weighted by Crippen LogP contribution is 2.40. The molecule has 0 heterocycles. The van der Waals surface area contributed by atoms with Gasteiger partial charge in [-0.1, -0.05) is 25.0 Å². The van der Waals surface area contributed by atoms with Gasteiger partial charge in [-0.3, -0.25) is 0 Å². The lowest BCUT2D eigenvalue weighted by Crippen LogP contribution is -2.11. The van der Waals surface area contributed by atoms with Gasteiger partial charge in [0, 0.05) is 11.6 Å². The van der Waals surface area contributed by atoms with E-state index in [-0.39, 0.29) is 29.9 Å². The summed E-state index contributed by atoms with van der Waals surface area (Å²) < 4.78 is 0. The Kier molecular flexibility index (Phi) is 3.83. The summed E-state index contributed by atoms with van der Waals surface area (Å²) in [4.78, 5) is 0. The van der Waals surface area contributed by atoms with E-state index in [4.69, 9.17) is 5.73 Å². The molecule has 0 bridgehead atoms. The van der Waals surface area contributed by atoms with Crippen LogP contribution in [0.3, 0.4) is 0 Å². The van der Waals surface area contributed by atoms with Crippen LogP contribution in [0.4, 0.5) is 0 Å². The first-order chi connectivity index (χ1) is 6.68. The van der Waals surface area contributed by atoms with E-state index in [1.54, 1.807) is 12.1 Å². The average Bonchev–Trinajstić information content (AvgIpc) is 2.93. The summed E-state index contributed by atoms with van der Waals surface area (Å²) in [5.74, 6) is 0.557. The summed E-state index contributed by atoms with van der Waals surface area (Å²) in [5, 5.41) is 18.9. The molecule has 1 aromatic rings. The van der Waals surface area contributed by atoms with Crippen LogP contribution in [0.1, 0.15) is 30.9 Å². The summed E-state index contributed by atoms with van der Waals surface area (Å²) in [6.07, 6.45) is 3.39. The molecule has 1 fully saturated rings. The maximum atomic E-state index is 9.57. The van der Waals surface area contributed by atoms with Gasteiger partial charge < -0.3 is 15.9 Å². The standard InChI is InChI=1S/C11H15NO2.ClH/c12-9(6-7-4-5-7)8-2-1-3-10(13)11(8)14;/h1-3,7,9,13-14H,4-6,12H2;1H/t9-;/m1./s1. The van der Waals surface area contributed by atoms with Crippen molar-refractivity contribution in [2.24, 2.45) is 11.7 Å². The van der Waals surface area contributed by atoms with E-state index in [0.29, 0.717) is 11.5 Å². The van der Waals surface area contributed by atoms with Gasteiger partial charge in [0.05, 0.1) is 0 Å². The second-order valence-corrected chi connectivity index (χ2v) is 4.00. The number of phenols is 2. The van der Waals surface area contributed by atoms with Gasteiger partial charge in [0.1, 0.15) is 0 Å². The Morgan fingerprint density at radius 1 is 1.33 bits per heavy atom. The number of nitrogens with two attached hydrogens (primary N) is 1. The first kappa shape index (κ1) is 12.1. The Morgan fingerprint density at radius 2 is 2.00 bits per heavy atom. The van der Waals surface area contributed by atoms with E-state index in [0.717, 1.165) is 6.42 Å². The molecule has 1 aromatic carbocycles. The second kappa shape index (κ2) is 4.73. The van der Waals surface area contributed by atoms with Crippen LogP contribution in [0.5, 0.6) is 11.5 Å². The van der Waals surface area contributed by atoms with Crippen LogP contribution in [0.2, 0.25) is 0 Å². The molecule has 4 heteroatoms. The molecule has 84 valence electrons. The number of hydrogen-bond acceptors (Lipinski definition) is 3. The monoisotopic (exact) mass is 229 g/mol. The fraction of sp³-hybridized carbons (Fsp3) is 0.455. The zero-order valence-corrected chi connectivity index (χ0v) is 9.20. The molecule has 0 aliphatic heterocycles. The summed E-state index contributed by atoms with van der Waals surface area (Å²) in [5.41, 5.74) is 6.58. The number of rotatable bonds is 3. The van der Waals surface area contributed by atoms with Gasteiger partial charge in [0.25, 0.3) is 0 Å². The zero-order chi connectivity index (χ0) is 10.1. The molecule has 4 N–H and O–H groups in total. The van der Waals surface area contributed by atoms with Crippen LogP contribution >= 0.6 is 12.4 Å². The van der Waals surface area contributed by atoms with Crippen LogP contribution in [-0.2, 0) is 0 Å². The van der Waals surface area contributed by atoms with Crippen molar-refractivity contribution < 1.29 is 10.2 Å². The molecule has 1 aliphatic carbocycles. The van der Waals surface area contributed by atoms with Crippen LogP contribution in [-0.4, -0.2) is 10.2 Å². The lowest BCUT2D eigenvalue weighted by Gasteiger charge is -2.13. The number of hydrogen-bond donors (Lipinski definition) is 3. The van der Waals surface area contributed by atoms with Crippen molar-refractivity contribution in [2.45, 2.75) is 25.3 Å². The van der Waals surface area contributed by atoms with Gasteiger partial charge in [0.2, 0.25) is 0 Å². The third-order valence-corrected chi connectivity index (χ3v) is 2.73. The highest BCUT2D eigenvalue weighted by molar-refractivity contribution is 5.85. The van der Waals surface area contributed by atoms with Gasteiger partial charge >= 0.3 is 0 Å². The van der Waals surface area contributed by atoms with Gasteiger partial charge in [0.15, 0.2) is 11.5 Å². The maximum absolute atomic E-state index is 9.57. The normalized spacial score (nSPS) is 16.9. The SMILES string of the molecule is Cl.N[C@H](CC1CC1)c1cccc(O)c1O. The Hall–Kier alpha value is -0.930. The van der Waals surface area contributed by atoms with Crippen LogP contribution in [0, 0.1) is 5.92 Å². The smallest absolute Gasteiger partial charge is 0.162 e. The van der Waals surface area contributed by atoms with E-state index in [1.807, 2.05) is 0 Å². The molecular weight excluding hydrogens is 214 g/mol. The molecule has 15 heavy (non-hydrogen) atoms. The van der Waals surface area contributed by atoms with E-state index in [1.165, 1.54) is 18.9 Å². The molecule has 0 amide bonds. The minimum absolute atomic E-state index is 0. The van der Waals surface area contributed by atoms with E-state index in [2.05, 4.69) is 0 Å². The largest absolute Gasteiger partial charge is 0.504 e. The Balaban J connectivity index is 0.00000112. The second-order valence-electron chi connectivity index (χ2n) is 4.00. The van der Waals surface area contributed by atoms with Crippen molar-refractivity contribution in [3.63, 3.8) is 0 Å². The van der Waals surface area contributed by atoms with Crippen molar-refractivity contribution in [1.82, 2.24) is 0 Å². The zero-order valence-electron chi connectivity index (χ0n) is 8.39. The Bertz CT molecular complexity index is 339. The number of phenolic OH excluding ortho intramolecular Hbond substituents is 2. The van der Waals surface area contributed by atoms with Crippen LogP contribution < -0.4 is 5.73 Å². The predicted octanol–water partition coefficient (Wildman–Crippen LogP) is 2.32. The number of para-hydroxylation sites is 1. The molecule has 0 aromatic heterocycles. The fourth-order valence-corrected chi connectivity index (χ4v) is 1.69. The molecule has 1 atom stereocenters. The third-order valence-electron chi connectivity index (χ3n) is 2.73. The van der Waals surface area contributed by atoms with Gasteiger partial charge in [-0.05, 0) is 18.4 Å². The molecular formula is C11H16ClNO2. The molecule has 0 spiro atoms. The van der Waals surface area contributed by atoms with Crippen LogP contribution in [0.15, 0.2) is 18.2 Å². The molecule has 2 rings (SSSR count). The number of aromatic hydroxyl groups is 2. The Labute approximate surface area is 95.3 Å². The van der Waals surface area contributed by atoms with Gasteiger partial charge in [-0.25, -0.2) is 0 Å². The topological polar surface area (TPSA) is 66.5 Å². The molecule has 0 unspecified atom stereocenters. The summed E-state index contributed by atoms with van der Waals surface area (Å²) in [6, 6.07) is 4.77. The summed E-state index contributed by atoms with van der Waals surface area (Å²) in [6.45, 7) is 0. The van der Waals surface area contributed by atoms with E-state index < -0.39 is 0 Å². The third kappa shape index (κ3) is 2.76. The first-order valence-corrected chi connectivity index (χ1v) is 4.95. The predicted molar refractivity (Wildman–Crippen MR) is 61.3 cm³/mol. The minimum atomic E-state index is -0.158. The Morgan fingerprint density at radius 3 is 2.60 bits per heavy atom. The van der Waals surface area contributed by atoms with E-state index >= 15 is 0 Å². The number of benzene rings is 1. The van der Waals surface area contributed by atoms with Crippen molar-refractivity contribution in [3.8, 4) is 11.5 Å². The molecule has 3 nitrogen and oxygen atoms in total. The lowest BCUT2D eigenvalue weighted by molar-refractivity contribution is 0.393. The molecule has 0 saturated heterocycles. The van der Waals surface area contributed by atoms with Crippen molar-refractivity contribution in [1.29, 1.82) is 0 Å². The van der Waals surface area contributed by atoms with Crippen molar-refractivity contribution >= 4 is 12.4 Å². The minimum Gasteiger partial charge on any atom is -0.504 e. The highest BCUT2D eigenvalue weighted by atomic mass is 35.5. The quantitative estimate of drug-likeness (QED) is 0.697. The maximum Gasteiger partial charge on any atom is 0.162 e. The first-order valence-electron chi connectivity index (χ1n) is 4.95. The molecule has 1 saturated carbocycles. The molecule has 1 aliphatic rings. The fourth-order valence-electron chi connectivity index (χ4n) is 1.69. The van der Waals surface area contributed by atoms with Gasteiger partial charge in [-0.2, -0.15) is 0 Å². The van der Waals surface area contributed by atoms with Gasteiger partial charge in [-0.15, -0.1) is 12.4 Å². The van der Waals surface area contributed by atoms with Crippen molar-refractivity contribution in [2.75, 3.05) is 0 Å². The van der Waals surface area contributed by atoms with Crippen LogP contribution in [0.25, 0.3) is 0 Å². The summed E-state index contributed by atoms with van der Waals surface area (Å²) >= 11 is 0. The number of halogens is 1. The molecule has 0 radical (unpaired) electrons.